The second-order valence-corrected chi connectivity index (χ2v) is 5.41. The summed E-state index contributed by atoms with van der Waals surface area (Å²) in [7, 11) is 4.12. The highest BCUT2D eigenvalue weighted by atomic mass is 32.1. The van der Waals surface area contributed by atoms with Gasteiger partial charge < -0.3 is 10.2 Å². The van der Waals surface area contributed by atoms with Crippen LogP contribution in [0.15, 0.2) is 29.6 Å². The van der Waals surface area contributed by atoms with E-state index in [0.29, 0.717) is 0 Å². The molecule has 4 heteroatoms. The van der Waals surface area contributed by atoms with Crippen molar-refractivity contribution in [3.63, 3.8) is 0 Å². The molecular weight excluding hydrogens is 242 g/mol. The molecule has 1 heterocycles. The van der Waals surface area contributed by atoms with Crippen LogP contribution in [0.1, 0.15) is 10.7 Å². The fourth-order valence-electron chi connectivity index (χ4n) is 1.83. The molecule has 3 nitrogen and oxygen atoms in total. The fourth-order valence-corrected chi connectivity index (χ4v) is 2.61. The summed E-state index contributed by atoms with van der Waals surface area (Å²) in [4.78, 5) is 6.59. The minimum absolute atomic E-state index is 0.914. The molecule has 1 aromatic heterocycles. The largest absolute Gasteiger partial charge is 0.383 e. The Bertz CT molecular complexity index is 505. The lowest BCUT2D eigenvalue weighted by Gasteiger charge is -2.18. The molecule has 0 bridgehead atoms. The van der Waals surface area contributed by atoms with E-state index in [4.69, 9.17) is 0 Å². The standard InChI is InChI=1S/C14H19N3S/c1-11-10-18-14(16-11)8-9-15-12-6-4-5-7-13(12)17(2)3/h4-7,10,15H,8-9H2,1-3H3. The molecule has 96 valence electrons. The summed E-state index contributed by atoms with van der Waals surface area (Å²) < 4.78 is 0. The number of hydrogen-bond donors (Lipinski definition) is 1. The maximum Gasteiger partial charge on any atom is 0.0945 e. The Morgan fingerprint density at radius 3 is 2.72 bits per heavy atom. The Hall–Kier alpha value is -1.55. The van der Waals surface area contributed by atoms with Crippen LogP contribution < -0.4 is 10.2 Å². The molecule has 0 aliphatic heterocycles. The monoisotopic (exact) mass is 261 g/mol. The van der Waals surface area contributed by atoms with Gasteiger partial charge in [0.2, 0.25) is 0 Å². The van der Waals surface area contributed by atoms with E-state index in [-0.39, 0.29) is 0 Å². The Kier molecular flexibility index (Phi) is 4.20. The third-order valence-electron chi connectivity index (χ3n) is 2.71. The van der Waals surface area contributed by atoms with Gasteiger partial charge in [0.1, 0.15) is 0 Å². The molecule has 0 saturated heterocycles. The molecule has 0 saturated carbocycles. The summed E-state index contributed by atoms with van der Waals surface area (Å²) in [5.41, 5.74) is 3.51. The van der Waals surface area contributed by atoms with Gasteiger partial charge in [-0.25, -0.2) is 4.98 Å². The zero-order valence-electron chi connectivity index (χ0n) is 11.1. The van der Waals surface area contributed by atoms with Crippen molar-refractivity contribution in [2.24, 2.45) is 0 Å². The van der Waals surface area contributed by atoms with E-state index < -0.39 is 0 Å². The van der Waals surface area contributed by atoms with Crippen LogP contribution in [0.3, 0.4) is 0 Å². The van der Waals surface area contributed by atoms with Crippen LogP contribution in [0, 0.1) is 6.92 Å². The van der Waals surface area contributed by atoms with E-state index in [9.17, 15) is 0 Å². The van der Waals surface area contributed by atoms with Gasteiger partial charge in [-0.05, 0) is 19.1 Å². The molecule has 0 aliphatic rings. The number of nitrogens with one attached hydrogen (secondary N) is 1. The molecule has 0 unspecified atom stereocenters. The maximum atomic E-state index is 4.47. The van der Waals surface area contributed by atoms with Gasteiger partial charge in [0.05, 0.1) is 16.4 Å². The molecule has 0 atom stereocenters. The van der Waals surface area contributed by atoms with Crippen molar-refractivity contribution >= 4 is 22.7 Å². The summed E-state index contributed by atoms with van der Waals surface area (Å²) in [6.07, 6.45) is 0.972. The molecule has 0 radical (unpaired) electrons. The van der Waals surface area contributed by atoms with Gasteiger partial charge >= 0.3 is 0 Å². The van der Waals surface area contributed by atoms with E-state index in [0.717, 1.165) is 18.7 Å². The number of anilines is 2. The normalized spacial score (nSPS) is 10.4. The van der Waals surface area contributed by atoms with E-state index in [1.54, 1.807) is 11.3 Å². The maximum absolute atomic E-state index is 4.47. The first-order chi connectivity index (χ1) is 8.66. The van der Waals surface area contributed by atoms with Gasteiger partial charge in [0, 0.05) is 38.1 Å². The van der Waals surface area contributed by atoms with Crippen LogP contribution >= 0.6 is 11.3 Å². The summed E-state index contributed by atoms with van der Waals surface area (Å²) in [5.74, 6) is 0. The van der Waals surface area contributed by atoms with Crippen molar-refractivity contribution in [3.05, 3.63) is 40.3 Å². The number of thiazole rings is 1. The van der Waals surface area contributed by atoms with Gasteiger partial charge in [-0.15, -0.1) is 11.3 Å². The lowest BCUT2D eigenvalue weighted by molar-refractivity contribution is 0.984. The SMILES string of the molecule is Cc1csc(CCNc2ccccc2N(C)C)n1. The summed E-state index contributed by atoms with van der Waals surface area (Å²) in [6.45, 7) is 2.95. The van der Waals surface area contributed by atoms with E-state index in [1.807, 2.05) is 6.92 Å². The minimum atomic E-state index is 0.914. The molecule has 0 spiro atoms. The van der Waals surface area contributed by atoms with E-state index >= 15 is 0 Å². The highest BCUT2D eigenvalue weighted by Gasteiger charge is 2.03. The lowest BCUT2D eigenvalue weighted by Crippen LogP contribution is -2.13. The quantitative estimate of drug-likeness (QED) is 0.896. The number of rotatable bonds is 5. The number of aryl methyl sites for hydroxylation is 1. The molecule has 1 aromatic carbocycles. The first-order valence-electron chi connectivity index (χ1n) is 6.08. The van der Waals surface area contributed by atoms with Gasteiger partial charge in [-0.2, -0.15) is 0 Å². The van der Waals surface area contributed by atoms with Crippen LogP contribution in [0.25, 0.3) is 0 Å². The second-order valence-electron chi connectivity index (χ2n) is 4.47. The zero-order valence-corrected chi connectivity index (χ0v) is 11.9. The fraction of sp³-hybridized carbons (Fsp3) is 0.357. The van der Waals surface area contributed by atoms with Crippen LogP contribution in [-0.4, -0.2) is 25.6 Å². The van der Waals surface area contributed by atoms with Crippen LogP contribution in [0.4, 0.5) is 11.4 Å². The average Bonchev–Trinajstić information content (AvgIpc) is 2.75. The topological polar surface area (TPSA) is 28.2 Å². The molecule has 0 fully saturated rings. The van der Waals surface area contributed by atoms with E-state index in [1.165, 1.54) is 16.4 Å². The van der Waals surface area contributed by atoms with Gasteiger partial charge in [-0.3, -0.25) is 0 Å². The minimum Gasteiger partial charge on any atom is -0.383 e. The van der Waals surface area contributed by atoms with Crippen molar-refractivity contribution in [3.8, 4) is 0 Å². The van der Waals surface area contributed by atoms with Crippen LogP contribution in [0.2, 0.25) is 0 Å². The number of para-hydroxylation sites is 2. The predicted octanol–water partition coefficient (Wildman–Crippen LogP) is 3.17. The molecule has 1 N–H and O–H groups in total. The molecule has 18 heavy (non-hydrogen) atoms. The van der Waals surface area contributed by atoms with Gasteiger partial charge in [-0.1, -0.05) is 12.1 Å². The van der Waals surface area contributed by atoms with Crippen molar-refractivity contribution in [2.75, 3.05) is 30.9 Å². The number of aromatic nitrogens is 1. The Balaban J connectivity index is 1.94. The summed E-state index contributed by atoms with van der Waals surface area (Å²) in [6, 6.07) is 8.35. The Labute approximate surface area is 112 Å². The third kappa shape index (κ3) is 3.23. The average molecular weight is 261 g/mol. The summed E-state index contributed by atoms with van der Waals surface area (Å²) in [5, 5.41) is 6.77. The predicted molar refractivity (Wildman–Crippen MR) is 79.8 cm³/mol. The first-order valence-corrected chi connectivity index (χ1v) is 6.96. The van der Waals surface area contributed by atoms with Crippen molar-refractivity contribution < 1.29 is 0 Å². The summed E-state index contributed by atoms with van der Waals surface area (Å²) >= 11 is 1.73. The van der Waals surface area contributed by atoms with Gasteiger partial charge in [0.25, 0.3) is 0 Å². The molecule has 2 aromatic rings. The Morgan fingerprint density at radius 1 is 1.28 bits per heavy atom. The lowest BCUT2D eigenvalue weighted by atomic mass is 10.2. The van der Waals surface area contributed by atoms with Crippen LogP contribution in [-0.2, 0) is 6.42 Å². The molecule has 2 rings (SSSR count). The number of nitrogens with zero attached hydrogens (tertiary/aromatic N) is 2. The first kappa shape index (κ1) is 12.9. The van der Waals surface area contributed by atoms with Crippen molar-refractivity contribution in [2.45, 2.75) is 13.3 Å². The molecule has 0 amide bonds. The van der Waals surface area contributed by atoms with Crippen molar-refractivity contribution in [1.82, 2.24) is 4.98 Å². The van der Waals surface area contributed by atoms with Gasteiger partial charge in [0.15, 0.2) is 0 Å². The smallest absolute Gasteiger partial charge is 0.0945 e. The van der Waals surface area contributed by atoms with E-state index in [2.05, 4.69) is 58.9 Å². The van der Waals surface area contributed by atoms with Crippen LogP contribution in [0.5, 0.6) is 0 Å². The Morgan fingerprint density at radius 2 is 2.06 bits per heavy atom. The molecular formula is C14H19N3S. The highest BCUT2D eigenvalue weighted by molar-refractivity contribution is 7.09. The third-order valence-corrected chi connectivity index (χ3v) is 3.73. The van der Waals surface area contributed by atoms with Crippen molar-refractivity contribution in [1.29, 1.82) is 0 Å². The zero-order chi connectivity index (χ0) is 13.0. The highest BCUT2D eigenvalue weighted by Crippen LogP contribution is 2.23. The number of benzene rings is 1. The molecule has 0 aliphatic carbocycles. The second kappa shape index (κ2) is 5.87. The number of hydrogen-bond acceptors (Lipinski definition) is 4.